The standard InChI is InChI=1S/C13H9BrF3NO/c14-11-4-3-8(6-10(11)13(15,16)17)12(19)9-2-1-5-18-7-9/h1-7,12,19H. The lowest BCUT2D eigenvalue weighted by Gasteiger charge is -2.15. The van der Waals surface area contributed by atoms with Crippen molar-refractivity contribution < 1.29 is 18.3 Å². The van der Waals surface area contributed by atoms with E-state index in [1.165, 1.54) is 24.5 Å². The lowest BCUT2D eigenvalue weighted by atomic mass is 10.0. The topological polar surface area (TPSA) is 33.1 Å². The van der Waals surface area contributed by atoms with Crippen LogP contribution in [0.25, 0.3) is 0 Å². The maximum Gasteiger partial charge on any atom is 0.417 e. The van der Waals surface area contributed by atoms with Gasteiger partial charge in [-0.2, -0.15) is 13.2 Å². The predicted octanol–water partition coefficient (Wildman–Crippen LogP) is 3.94. The van der Waals surface area contributed by atoms with Crippen LogP contribution < -0.4 is 0 Å². The molecule has 1 aromatic heterocycles. The normalized spacial score (nSPS) is 13.3. The molecule has 0 spiro atoms. The fourth-order valence-electron chi connectivity index (χ4n) is 1.66. The van der Waals surface area contributed by atoms with E-state index in [1.807, 2.05) is 0 Å². The molecule has 1 aromatic carbocycles. The van der Waals surface area contributed by atoms with Crippen molar-refractivity contribution in [2.24, 2.45) is 0 Å². The molecule has 0 saturated heterocycles. The summed E-state index contributed by atoms with van der Waals surface area (Å²) in [6.07, 6.45) is -2.66. The SMILES string of the molecule is OC(c1cccnc1)c1ccc(Br)c(C(F)(F)F)c1. The highest BCUT2D eigenvalue weighted by Gasteiger charge is 2.33. The summed E-state index contributed by atoms with van der Waals surface area (Å²) < 4.78 is 38.3. The highest BCUT2D eigenvalue weighted by atomic mass is 79.9. The Morgan fingerprint density at radius 3 is 2.47 bits per heavy atom. The van der Waals surface area contributed by atoms with Crippen molar-refractivity contribution in [1.82, 2.24) is 4.98 Å². The van der Waals surface area contributed by atoms with Crippen LogP contribution in [0.4, 0.5) is 13.2 Å². The number of nitrogens with zero attached hydrogens (tertiary/aromatic N) is 1. The van der Waals surface area contributed by atoms with Crippen molar-refractivity contribution in [2.45, 2.75) is 12.3 Å². The quantitative estimate of drug-likeness (QED) is 0.904. The summed E-state index contributed by atoms with van der Waals surface area (Å²) in [5.74, 6) is 0. The molecule has 0 bridgehead atoms. The van der Waals surface area contributed by atoms with E-state index in [0.29, 0.717) is 5.56 Å². The third-order valence-corrected chi connectivity index (χ3v) is 3.30. The molecule has 0 fully saturated rings. The van der Waals surface area contributed by atoms with E-state index in [1.54, 1.807) is 12.1 Å². The molecule has 0 radical (unpaired) electrons. The molecule has 0 aliphatic rings. The Bertz CT molecular complexity index is 572. The highest BCUT2D eigenvalue weighted by molar-refractivity contribution is 9.10. The van der Waals surface area contributed by atoms with Crippen LogP contribution >= 0.6 is 15.9 Å². The Morgan fingerprint density at radius 2 is 1.89 bits per heavy atom. The van der Waals surface area contributed by atoms with Gasteiger partial charge in [-0.3, -0.25) is 4.98 Å². The number of hydrogen-bond acceptors (Lipinski definition) is 2. The van der Waals surface area contributed by atoms with Crippen LogP contribution in [0, 0.1) is 0 Å². The van der Waals surface area contributed by atoms with Crippen LogP contribution in [-0.4, -0.2) is 10.1 Å². The summed E-state index contributed by atoms with van der Waals surface area (Å²) >= 11 is 2.86. The van der Waals surface area contributed by atoms with Gasteiger partial charge in [-0.25, -0.2) is 0 Å². The number of pyridine rings is 1. The molecule has 1 heterocycles. The first-order valence-electron chi connectivity index (χ1n) is 5.34. The number of hydrogen-bond donors (Lipinski definition) is 1. The second kappa shape index (κ2) is 5.30. The molecule has 1 unspecified atom stereocenters. The second-order valence-electron chi connectivity index (χ2n) is 3.93. The Kier molecular flexibility index (Phi) is 3.91. The minimum atomic E-state index is -4.47. The van der Waals surface area contributed by atoms with Crippen molar-refractivity contribution in [3.05, 3.63) is 63.9 Å². The summed E-state index contributed by atoms with van der Waals surface area (Å²) in [5, 5.41) is 10.1. The lowest BCUT2D eigenvalue weighted by Crippen LogP contribution is -2.08. The summed E-state index contributed by atoms with van der Waals surface area (Å²) in [5.41, 5.74) is -0.200. The van der Waals surface area contributed by atoms with Gasteiger partial charge in [0.15, 0.2) is 0 Å². The maximum absolute atomic E-state index is 12.8. The van der Waals surface area contributed by atoms with Gasteiger partial charge in [0, 0.05) is 22.4 Å². The molecule has 0 aliphatic heterocycles. The summed E-state index contributed by atoms with van der Waals surface area (Å²) in [6, 6.07) is 6.87. The Balaban J connectivity index is 2.42. The lowest BCUT2D eigenvalue weighted by molar-refractivity contribution is -0.138. The Labute approximate surface area is 116 Å². The van der Waals surface area contributed by atoms with Gasteiger partial charge in [-0.1, -0.05) is 28.1 Å². The molecule has 2 nitrogen and oxygen atoms in total. The summed E-state index contributed by atoms with van der Waals surface area (Å²) in [6.45, 7) is 0. The van der Waals surface area contributed by atoms with E-state index in [9.17, 15) is 18.3 Å². The zero-order valence-corrected chi connectivity index (χ0v) is 11.1. The van der Waals surface area contributed by atoms with Gasteiger partial charge in [-0.15, -0.1) is 0 Å². The number of aromatic nitrogens is 1. The van der Waals surface area contributed by atoms with Crippen LogP contribution in [0.15, 0.2) is 47.2 Å². The van der Waals surface area contributed by atoms with Crippen LogP contribution in [0.2, 0.25) is 0 Å². The molecule has 0 amide bonds. The minimum absolute atomic E-state index is 0.0536. The van der Waals surface area contributed by atoms with E-state index in [-0.39, 0.29) is 10.0 Å². The van der Waals surface area contributed by atoms with Crippen molar-refractivity contribution >= 4 is 15.9 Å². The third-order valence-electron chi connectivity index (χ3n) is 2.61. The number of aliphatic hydroxyl groups excluding tert-OH is 1. The zero-order chi connectivity index (χ0) is 14.0. The van der Waals surface area contributed by atoms with E-state index in [0.717, 1.165) is 6.07 Å². The summed E-state index contributed by atoms with van der Waals surface area (Å²) in [4.78, 5) is 3.83. The fourth-order valence-corrected chi connectivity index (χ4v) is 2.13. The van der Waals surface area contributed by atoms with Crippen molar-refractivity contribution in [3.63, 3.8) is 0 Å². The van der Waals surface area contributed by atoms with E-state index >= 15 is 0 Å². The predicted molar refractivity (Wildman–Crippen MR) is 67.4 cm³/mol. The van der Waals surface area contributed by atoms with Gasteiger partial charge in [0.25, 0.3) is 0 Å². The van der Waals surface area contributed by atoms with Gasteiger partial charge < -0.3 is 5.11 Å². The number of rotatable bonds is 2. The van der Waals surface area contributed by atoms with Crippen molar-refractivity contribution in [2.75, 3.05) is 0 Å². The molecule has 1 atom stereocenters. The van der Waals surface area contributed by atoms with Crippen LogP contribution in [0.1, 0.15) is 22.8 Å². The van der Waals surface area contributed by atoms with Gasteiger partial charge in [0.2, 0.25) is 0 Å². The molecule has 1 N–H and O–H groups in total. The first kappa shape index (κ1) is 14.0. The maximum atomic E-state index is 12.8. The molecule has 2 rings (SSSR count). The van der Waals surface area contributed by atoms with Gasteiger partial charge in [0.1, 0.15) is 6.10 Å². The van der Waals surface area contributed by atoms with Crippen molar-refractivity contribution in [1.29, 1.82) is 0 Å². The molecule has 0 saturated carbocycles. The zero-order valence-electron chi connectivity index (χ0n) is 9.53. The van der Waals surface area contributed by atoms with Crippen LogP contribution in [-0.2, 0) is 6.18 Å². The number of alkyl halides is 3. The largest absolute Gasteiger partial charge is 0.417 e. The molecule has 19 heavy (non-hydrogen) atoms. The summed E-state index contributed by atoms with van der Waals surface area (Å²) in [7, 11) is 0. The number of benzene rings is 1. The molecular formula is C13H9BrF3NO. The third kappa shape index (κ3) is 3.13. The molecule has 2 aromatic rings. The first-order chi connectivity index (χ1) is 8.89. The number of halogens is 4. The fraction of sp³-hybridized carbons (Fsp3) is 0.154. The molecule has 6 heteroatoms. The number of aliphatic hydroxyl groups is 1. The van der Waals surface area contributed by atoms with Gasteiger partial charge in [-0.05, 0) is 23.8 Å². The second-order valence-corrected chi connectivity index (χ2v) is 4.78. The van der Waals surface area contributed by atoms with Crippen LogP contribution in [0.3, 0.4) is 0 Å². The van der Waals surface area contributed by atoms with Crippen molar-refractivity contribution in [3.8, 4) is 0 Å². The average Bonchev–Trinajstić information content (AvgIpc) is 2.38. The smallest absolute Gasteiger partial charge is 0.384 e. The molecule has 100 valence electrons. The molecular weight excluding hydrogens is 323 g/mol. The average molecular weight is 332 g/mol. The van der Waals surface area contributed by atoms with Crippen LogP contribution in [0.5, 0.6) is 0 Å². The first-order valence-corrected chi connectivity index (χ1v) is 6.13. The van der Waals surface area contributed by atoms with E-state index in [2.05, 4.69) is 20.9 Å². The van der Waals surface area contributed by atoms with Gasteiger partial charge in [0.05, 0.1) is 5.56 Å². The monoisotopic (exact) mass is 331 g/mol. The highest BCUT2D eigenvalue weighted by Crippen LogP contribution is 2.37. The van der Waals surface area contributed by atoms with E-state index < -0.39 is 17.8 Å². The van der Waals surface area contributed by atoms with E-state index in [4.69, 9.17) is 0 Å². The van der Waals surface area contributed by atoms with Gasteiger partial charge >= 0.3 is 6.18 Å². The Hall–Kier alpha value is -1.40. The minimum Gasteiger partial charge on any atom is -0.384 e. The molecule has 0 aliphatic carbocycles. The Morgan fingerprint density at radius 1 is 1.16 bits per heavy atom.